The van der Waals surface area contributed by atoms with Gasteiger partial charge in [0.25, 0.3) is 0 Å². The average molecular weight is 386 g/mol. The number of benzene rings is 1. The fourth-order valence-corrected chi connectivity index (χ4v) is 4.33. The van der Waals surface area contributed by atoms with Crippen LogP contribution in [0.4, 0.5) is 0 Å². The van der Waals surface area contributed by atoms with Crippen LogP contribution < -0.4 is 14.7 Å². The van der Waals surface area contributed by atoms with Gasteiger partial charge in [-0.25, -0.2) is 0 Å². The molecule has 0 spiro atoms. The number of hydrogen-bond acceptors (Lipinski definition) is 4. The van der Waals surface area contributed by atoms with Crippen LogP contribution in [0.25, 0.3) is 0 Å². The molecule has 0 saturated carbocycles. The highest BCUT2D eigenvalue weighted by molar-refractivity contribution is 5.85. The number of carbonyl (C=O) groups excluding carboxylic acids is 2. The molecule has 1 saturated heterocycles. The van der Waals surface area contributed by atoms with Crippen molar-refractivity contribution in [2.24, 2.45) is 11.8 Å². The molecule has 28 heavy (non-hydrogen) atoms. The standard InChI is InChI=1S/C22H30N2O4/c1-15-11-19(20(22(26)27)12-16(15)2)21(25)24-9-7-23(8-10-24)14-17-5-4-6-18(13-17)28-3/h4-6,13,19-20H,7-12,14H2,1-3H3,(H,26,27)/t19-,20+/m0/s1. The second-order valence-electron chi connectivity index (χ2n) is 8.10. The van der Waals surface area contributed by atoms with Gasteiger partial charge in [-0.15, -0.1) is 0 Å². The van der Waals surface area contributed by atoms with Crippen LogP contribution in [-0.2, 0) is 16.1 Å². The summed E-state index contributed by atoms with van der Waals surface area (Å²) in [6.45, 7) is 7.89. The SMILES string of the molecule is COc1cccc(C[NH+]2CCN(C(=O)[C@H]3CC(C)=C(C)C[C@H]3C(=O)[O-])CC2)c1. The van der Waals surface area contributed by atoms with Crippen LogP contribution in [0, 0.1) is 11.8 Å². The summed E-state index contributed by atoms with van der Waals surface area (Å²) in [5, 5.41) is 11.6. The first-order valence-corrected chi connectivity index (χ1v) is 10.0. The molecular formula is C22H30N2O4. The van der Waals surface area contributed by atoms with E-state index in [4.69, 9.17) is 4.74 Å². The number of rotatable bonds is 5. The number of amides is 1. The van der Waals surface area contributed by atoms with Gasteiger partial charge in [-0.05, 0) is 38.8 Å². The Bertz CT molecular complexity index is 766. The predicted molar refractivity (Wildman–Crippen MR) is 104 cm³/mol. The van der Waals surface area contributed by atoms with Crippen LogP contribution in [0.3, 0.4) is 0 Å². The molecule has 6 nitrogen and oxygen atoms in total. The predicted octanol–water partition coefficient (Wildman–Crippen LogP) is 0.0348. The van der Waals surface area contributed by atoms with Crippen LogP contribution in [0.2, 0.25) is 0 Å². The van der Waals surface area contributed by atoms with E-state index in [1.807, 2.05) is 30.9 Å². The van der Waals surface area contributed by atoms with Crippen LogP contribution in [0.5, 0.6) is 5.75 Å². The van der Waals surface area contributed by atoms with E-state index in [1.54, 1.807) is 7.11 Å². The second kappa shape index (κ2) is 8.78. The van der Waals surface area contributed by atoms with Gasteiger partial charge in [0.15, 0.2) is 0 Å². The van der Waals surface area contributed by atoms with Crippen molar-refractivity contribution >= 4 is 11.9 Å². The molecule has 0 radical (unpaired) electrons. The Morgan fingerprint density at radius 1 is 1.14 bits per heavy atom. The summed E-state index contributed by atoms with van der Waals surface area (Å²) in [7, 11) is 1.67. The summed E-state index contributed by atoms with van der Waals surface area (Å²) >= 11 is 0. The summed E-state index contributed by atoms with van der Waals surface area (Å²) < 4.78 is 5.29. The number of nitrogens with one attached hydrogen (secondary N) is 1. The monoisotopic (exact) mass is 386 g/mol. The molecule has 2 aliphatic rings. The molecule has 6 heteroatoms. The van der Waals surface area contributed by atoms with Crippen molar-refractivity contribution < 1.29 is 24.3 Å². The molecule has 0 aromatic heterocycles. The summed E-state index contributed by atoms with van der Waals surface area (Å²) in [6.07, 6.45) is 0.950. The number of carbonyl (C=O) groups is 2. The van der Waals surface area contributed by atoms with Crippen LogP contribution in [-0.4, -0.2) is 50.1 Å². The lowest BCUT2D eigenvalue weighted by Crippen LogP contribution is -3.13. The number of carboxylic acid groups (broad SMARTS) is 1. The minimum Gasteiger partial charge on any atom is -0.550 e. The molecule has 1 heterocycles. The van der Waals surface area contributed by atoms with Crippen molar-refractivity contribution in [1.29, 1.82) is 0 Å². The molecule has 0 bridgehead atoms. The van der Waals surface area contributed by atoms with Gasteiger partial charge in [0.1, 0.15) is 12.3 Å². The third-order valence-electron chi connectivity index (χ3n) is 6.26. The van der Waals surface area contributed by atoms with Crippen molar-refractivity contribution in [1.82, 2.24) is 4.90 Å². The van der Waals surface area contributed by atoms with Crippen molar-refractivity contribution in [3.05, 3.63) is 41.0 Å². The van der Waals surface area contributed by atoms with E-state index in [-0.39, 0.29) is 5.91 Å². The number of allylic oxidation sites excluding steroid dienone is 2. The van der Waals surface area contributed by atoms with Gasteiger partial charge in [-0.3, -0.25) is 4.79 Å². The van der Waals surface area contributed by atoms with Gasteiger partial charge in [-0.1, -0.05) is 23.3 Å². The Kier molecular flexibility index (Phi) is 6.39. The van der Waals surface area contributed by atoms with Crippen molar-refractivity contribution in [3.8, 4) is 5.75 Å². The van der Waals surface area contributed by atoms with E-state index in [0.29, 0.717) is 25.9 Å². The van der Waals surface area contributed by atoms with Crippen LogP contribution in [0.1, 0.15) is 32.3 Å². The van der Waals surface area contributed by atoms with E-state index in [0.717, 1.165) is 36.5 Å². The maximum Gasteiger partial charge on any atom is 0.227 e. The highest BCUT2D eigenvalue weighted by atomic mass is 16.5. The molecule has 3 rings (SSSR count). The number of ether oxygens (including phenoxy) is 1. The molecule has 0 unspecified atom stereocenters. The fraction of sp³-hybridized carbons (Fsp3) is 0.545. The summed E-state index contributed by atoms with van der Waals surface area (Å²) in [5.41, 5.74) is 3.43. The molecule has 1 amide bonds. The Labute approximate surface area is 166 Å². The molecule has 1 aromatic rings. The van der Waals surface area contributed by atoms with E-state index < -0.39 is 17.8 Å². The largest absolute Gasteiger partial charge is 0.550 e. The van der Waals surface area contributed by atoms with Gasteiger partial charge in [0, 0.05) is 17.5 Å². The molecule has 1 aliphatic heterocycles. The lowest BCUT2D eigenvalue weighted by Gasteiger charge is -2.38. The summed E-state index contributed by atoms with van der Waals surface area (Å²) in [4.78, 5) is 27.9. The van der Waals surface area contributed by atoms with Gasteiger partial charge in [0.05, 0.1) is 39.2 Å². The average Bonchev–Trinajstić information content (AvgIpc) is 2.69. The zero-order valence-corrected chi connectivity index (χ0v) is 17.0. The van der Waals surface area contributed by atoms with Gasteiger partial charge in [0.2, 0.25) is 5.91 Å². The van der Waals surface area contributed by atoms with Crippen molar-refractivity contribution in [2.75, 3.05) is 33.3 Å². The third-order valence-corrected chi connectivity index (χ3v) is 6.26. The third kappa shape index (κ3) is 4.55. The van der Waals surface area contributed by atoms with Crippen LogP contribution >= 0.6 is 0 Å². The Hall–Kier alpha value is -2.34. The lowest BCUT2D eigenvalue weighted by atomic mass is 9.76. The maximum atomic E-state index is 13.1. The Morgan fingerprint density at radius 2 is 1.79 bits per heavy atom. The van der Waals surface area contributed by atoms with E-state index in [9.17, 15) is 14.7 Å². The molecule has 1 N–H and O–H groups in total. The number of piperazine rings is 1. The lowest BCUT2D eigenvalue weighted by molar-refractivity contribution is -0.917. The van der Waals surface area contributed by atoms with Gasteiger partial charge >= 0.3 is 0 Å². The molecular weight excluding hydrogens is 356 g/mol. The Balaban J connectivity index is 1.59. The van der Waals surface area contributed by atoms with Crippen LogP contribution in [0.15, 0.2) is 35.4 Å². The highest BCUT2D eigenvalue weighted by Crippen LogP contribution is 2.35. The number of methoxy groups -OCH3 is 1. The first kappa shape index (κ1) is 20.4. The van der Waals surface area contributed by atoms with E-state index in [1.165, 1.54) is 10.5 Å². The summed E-state index contributed by atoms with van der Waals surface area (Å²) in [5.74, 6) is -1.48. The fourth-order valence-electron chi connectivity index (χ4n) is 4.33. The van der Waals surface area contributed by atoms with E-state index >= 15 is 0 Å². The second-order valence-corrected chi connectivity index (χ2v) is 8.10. The number of carboxylic acids is 1. The molecule has 2 atom stereocenters. The number of nitrogens with zero attached hydrogens (tertiary/aromatic N) is 1. The van der Waals surface area contributed by atoms with Crippen molar-refractivity contribution in [2.45, 2.75) is 33.2 Å². The van der Waals surface area contributed by atoms with Gasteiger partial charge < -0.3 is 24.4 Å². The van der Waals surface area contributed by atoms with E-state index in [2.05, 4.69) is 12.1 Å². The zero-order valence-electron chi connectivity index (χ0n) is 17.0. The topological polar surface area (TPSA) is 74.1 Å². The smallest absolute Gasteiger partial charge is 0.227 e. The highest BCUT2D eigenvalue weighted by Gasteiger charge is 2.37. The number of aliphatic carboxylic acids is 1. The minimum absolute atomic E-state index is 0.0264. The summed E-state index contributed by atoms with van der Waals surface area (Å²) in [6, 6.07) is 8.07. The quantitative estimate of drug-likeness (QED) is 0.725. The maximum absolute atomic E-state index is 13.1. The van der Waals surface area contributed by atoms with Gasteiger partial charge in [-0.2, -0.15) is 0 Å². The first-order valence-electron chi connectivity index (χ1n) is 10.0. The number of quaternary nitrogens is 1. The Morgan fingerprint density at radius 3 is 2.39 bits per heavy atom. The molecule has 1 fully saturated rings. The molecule has 152 valence electrons. The molecule has 1 aromatic carbocycles. The van der Waals surface area contributed by atoms with Crippen molar-refractivity contribution in [3.63, 3.8) is 0 Å². The number of hydrogen-bond donors (Lipinski definition) is 1. The first-order chi connectivity index (χ1) is 13.4. The zero-order chi connectivity index (χ0) is 20.3. The normalized spacial score (nSPS) is 23.6. The minimum atomic E-state index is -1.10. The molecule has 1 aliphatic carbocycles.